The Labute approximate surface area is 108 Å². The lowest BCUT2D eigenvalue weighted by Crippen LogP contribution is -1.87. The molecule has 0 saturated carbocycles. The molecule has 0 amide bonds. The van der Waals surface area contributed by atoms with Gasteiger partial charge in [0, 0.05) is 5.56 Å². The van der Waals surface area contributed by atoms with Crippen LogP contribution in [0, 0.1) is 5.82 Å². The van der Waals surface area contributed by atoms with Crippen LogP contribution in [0.5, 0.6) is 0 Å². The van der Waals surface area contributed by atoms with Crippen molar-refractivity contribution < 1.29 is 4.39 Å². The third-order valence-corrected chi connectivity index (χ3v) is 3.32. The SMILES string of the molecule is Fc1c(Cl)c(Cl)cc(-c2ccccc2)c1Cl. The largest absolute Gasteiger partial charge is 0.204 e. The summed E-state index contributed by atoms with van der Waals surface area (Å²) in [4.78, 5) is 0. The average molecular weight is 276 g/mol. The fraction of sp³-hybridized carbons (Fsp3) is 0. The summed E-state index contributed by atoms with van der Waals surface area (Å²) < 4.78 is 13.6. The molecule has 0 unspecified atom stereocenters. The van der Waals surface area contributed by atoms with Gasteiger partial charge in [0.2, 0.25) is 0 Å². The molecule has 0 saturated heterocycles. The summed E-state index contributed by atoms with van der Waals surface area (Å²) in [7, 11) is 0. The highest BCUT2D eigenvalue weighted by Gasteiger charge is 2.15. The second-order valence-electron chi connectivity index (χ2n) is 3.21. The number of hydrogen-bond acceptors (Lipinski definition) is 0. The molecule has 0 aromatic heterocycles. The van der Waals surface area contributed by atoms with Gasteiger partial charge in [-0.2, -0.15) is 0 Å². The fourth-order valence-corrected chi connectivity index (χ4v) is 2.05. The van der Waals surface area contributed by atoms with Crippen LogP contribution in [0.2, 0.25) is 15.1 Å². The third-order valence-electron chi connectivity index (χ3n) is 2.19. The van der Waals surface area contributed by atoms with Crippen molar-refractivity contribution in [3.63, 3.8) is 0 Å². The Balaban J connectivity index is 2.68. The molecule has 0 aliphatic rings. The van der Waals surface area contributed by atoms with Crippen LogP contribution >= 0.6 is 34.8 Å². The minimum Gasteiger partial charge on any atom is -0.204 e. The molecular weight excluding hydrogens is 269 g/mol. The maximum absolute atomic E-state index is 13.6. The van der Waals surface area contributed by atoms with Crippen molar-refractivity contribution >= 4 is 34.8 Å². The smallest absolute Gasteiger partial charge is 0.162 e. The highest BCUT2D eigenvalue weighted by atomic mass is 35.5. The Morgan fingerprint density at radius 3 is 2.12 bits per heavy atom. The molecule has 2 aromatic rings. The normalized spacial score (nSPS) is 10.5. The lowest BCUT2D eigenvalue weighted by atomic mass is 10.1. The Hall–Kier alpha value is -0.760. The molecular formula is C12H6Cl3F. The molecule has 0 atom stereocenters. The van der Waals surface area contributed by atoms with E-state index in [4.69, 9.17) is 34.8 Å². The van der Waals surface area contributed by atoms with Crippen LogP contribution in [0.3, 0.4) is 0 Å². The molecule has 16 heavy (non-hydrogen) atoms. The zero-order valence-corrected chi connectivity index (χ0v) is 10.2. The molecule has 0 aliphatic carbocycles. The predicted octanol–water partition coefficient (Wildman–Crippen LogP) is 5.45. The van der Waals surface area contributed by atoms with Crippen molar-refractivity contribution in [3.8, 4) is 11.1 Å². The molecule has 2 rings (SSSR count). The summed E-state index contributed by atoms with van der Waals surface area (Å²) in [5, 5.41) is -0.00522. The lowest BCUT2D eigenvalue weighted by molar-refractivity contribution is 0.629. The molecule has 0 spiro atoms. The molecule has 82 valence electrons. The van der Waals surface area contributed by atoms with Gasteiger partial charge in [0.1, 0.15) is 0 Å². The van der Waals surface area contributed by atoms with Gasteiger partial charge in [-0.05, 0) is 11.6 Å². The second kappa shape index (κ2) is 4.62. The number of benzene rings is 2. The first-order valence-electron chi connectivity index (χ1n) is 4.49. The van der Waals surface area contributed by atoms with E-state index in [0.717, 1.165) is 5.56 Å². The summed E-state index contributed by atoms with van der Waals surface area (Å²) in [6.07, 6.45) is 0. The van der Waals surface area contributed by atoms with Crippen molar-refractivity contribution in [1.29, 1.82) is 0 Å². The molecule has 0 fully saturated rings. The first-order valence-corrected chi connectivity index (χ1v) is 5.63. The van der Waals surface area contributed by atoms with E-state index >= 15 is 0 Å². The van der Waals surface area contributed by atoms with Gasteiger partial charge in [0.05, 0.1) is 15.1 Å². The summed E-state index contributed by atoms with van der Waals surface area (Å²) in [6.45, 7) is 0. The minimum atomic E-state index is -0.685. The fourth-order valence-electron chi connectivity index (χ4n) is 1.40. The maximum Gasteiger partial charge on any atom is 0.162 e. The van der Waals surface area contributed by atoms with E-state index in [2.05, 4.69) is 0 Å². The maximum atomic E-state index is 13.6. The summed E-state index contributed by atoms with van der Waals surface area (Å²) in [5.41, 5.74) is 1.33. The van der Waals surface area contributed by atoms with Crippen molar-refractivity contribution in [2.45, 2.75) is 0 Å². The Morgan fingerprint density at radius 1 is 0.875 bits per heavy atom. The predicted molar refractivity (Wildman–Crippen MR) is 66.9 cm³/mol. The minimum absolute atomic E-state index is 0.0133. The van der Waals surface area contributed by atoms with E-state index in [1.807, 2.05) is 30.3 Å². The average Bonchev–Trinajstić information content (AvgIpc) is 2.32. The summed E-state index contributed by atoms with van der Waals surface area (Å²) in [6, 6.07) is 10.8. The standard InChI is InChI=1S/C12H6Cl3F/c13-9-6-8(7-4-2-1-3-5-7)10(14)12(16)11(9)15/h1-6H. The van der Waals surface area contributed by atoms with E-state index in [0.29, 0.717) is 5.56 Å². The van der Waals surface area contributed by atoms with Crippen LogP contribution < -0.4 is 0 Å². The van der Waals surface area contributed by atoms with E-state index in [1.54, 1.807) is 6.07 Å². The van der Waals surface area contributed by atoms with Crippen LogP contribution in [0.25, 0.3) is 11.1 Å². The topological polar surface area (TPSA) is 0 Å². The van der Waals surface area contributed by atoms with Gasteiger partial charge >= 0.3 is 0 Å². The van der Waals surface area contributed by atoms with Crippen molar-refractivity contribution in [1.82, 2.24) is 0 Å². The van der Waals surface area contributed by atoms with E-state index in [-0.39, 0.29) is 15.1 Å². The van der Waals surface area contributed by atoms with Crippen molar-refractivity contribution in [3.05, 3.63) is 57.3 Å². The lowest BCUT2D eigenvalue weighted by Gasteiger charge is -2.08. The van der Waals surface area contributed by atoms with Crippen molar-refractivity contribution in [2.75, 3.05) is 0 Å². The molecule has 4 heteroatoms. The molecule has 0 nitrogen and oxygen atoms in total. The van der Waals surface area contributed by atoms with Gasteiger partial charge in [-0.3, -0.25) is 0 Å². The zero-order valence-electron chi connectivity index (χ0n) is 7.98. The van der Waals surface area contributed by atoms with Gasteiger partial charge in [0.25, 0.3) is 0 Å². The molecule has 0 aliphatic heterocycles. The molecule has 0 bridgehead atoms. The van der Waals surface area contributed by atoms with E-state index < -0.39 is 5.82 Å². The molecule has 0 radical (unpaired) electrons. The zero-order chi connectivity index (χ0) is 11.7. The van der Waals surface area contributed by atoms with E-state index in [1.165, 1.54) is 0 Å². The number of hydrogen-bond donors (Lipinski definition) is 0. The van der Waals surface area contributed by atoms with Gasteiger partial charge in [-0.15, -0.1) is 0 Å². The monoisotopic (exact) mass is 274 g/mol. The Bertz CT molecular complexity index is 524. The highest BCUT2D eigenvalue weighted by molar-refractivity contribution is 6.44. The summed E-state index contributed by atoms with van der Waals surface area (Å²) in [5.74, 6) is -0.685. The first-order chi connectivity index (χ1) is 7.61. The summed E-state index contributed by atoms with van der Waals surface area (Å²) >= 11 is 17.3. The van der Waals surface area contributed by atoms with Crippen LogP contribution in [0.4, 0.5) is 4.39 Å². The van der Waals surface area contributed by atoms with Gasteiger partial charge < -0.3 is 0 Å². The van der Waals surface area contributed by atoms with Gasteiger partial charge in [-0.1, -0.05) is 65.1 Å². The highest BCUT2D eigenvalue weighted by Crippen LogP contribution is 2.38. The van der Waals surface area contributed by atoms with Crippen LogP contribution in [-0.2, 0) is 0 Å². The Morgan fingerprint density at radius 2 is 1.50 bits per heavy atom. The molecule has 2 aromatic carbocycles. The second-order valence-corrected chi connectivity index (χ2v) is 4.38. The third kappa shape index (κ3) is 2.03. The van der Waals surface area contributed by atoms with Gasteiger partial charge in [0.15, 0.2) is 5.82 Å². The number of rotatable bonds is 1. The molecule has 0 N–H and O–H groups in total. The first kappa shape index (κ1) is 11.7. The van der Waals surface area contributed by atoms with Crippen LogP contribution in [0.1, 0.15) is 0 Å². The molecule has 0 heterocycles. The quantitative estimate of drug-likeness (QED) is 0.479. The van der Waals surface area contributed by atoms with E-state index in [9.17, 15) is 4.39 Å². The van der Waals surface area contributed by atoms with Gasteiger partial charge in [-0.25, -0.2) is 4.39 Å². The van der Waals surface area contributed by atoms with Crippen molar-refractivity contribution in [2.24, 2.45) is 0 Å². The van der Waals surface area contributed by atoms with Crippen LogP contribution in [0.15, 0.2) is 36.4 Å². The number of halogens is 4. The van der Waals surface area contributed by atoms with Crippen LogP contribution in [-0.4, -0.2) is 0 Å². The Kier molecular flexibility index (Phi) is 3.38.